The molecule has 1 aromatic carbocycles. The summed E-state index contributed by atoms with van der Waals surface area (Å²) >= 11 is 0. The third kappa shape index (κ3) is 3.36. The fraction of sp³-hybridized carbons (Fsp3) is 0.600. The average Bonchev–Trinajstić information content (AvgIpc) is 2.22. The summed E-state index contributed by atoms with van der Waals surface area (Å²) in [5, 5.41) is 0. The zero-order valence-corrected chi connectivity index (χ0v) is 15.5. The molecule has 1 aromatic rings. The summed E-state index contributed by atoms with van der Waals surface area (Å²) in [6.45, 7) is 11.2. The van der Waals surface area contributed by atoms with E-state index in [1.165, 1.54) is 23.6 Å². The van der Waals surface area contributed by atoms with E-state index in [1.807, 2.05) is 0 Å². The van der Waals surface area contributed by atoms with Gasteiger partial charge in [0.15, 0.2) is 0 Å². The van der Waals surface area contributed by atoms with Gasteiger partial charge in [0.05, 0.1) is 19.8 Å². The van der Waals surface area contributed by atoms with E-state index >= 15 is 0 Å². The fourth-order valence-corrected chi connectivity index (χ4v) is 5.97. The van der Waals surface area contributed by atoms with Crippen molar-refractivity contribution in [1.29, 1.82) is 0 Å². The van der Waals surface area contributed by atoms with Crippen molar-refractivity contribution in [2.45, 2.75) is 39.0 Å². The molecule has 0 spiro atoms. The van der Waals surface area contributed by atoms with Gasteiger partial charge in [0, 0.05) is 12.0 Å². The normalized spacial score (nSPS) is 27.3. The van der Waals surface area contributed by atoms with Crippen LogP contribution in [0.2, 0.25) is 19.6 Å². The van der Waals surface area contributed by atoms with E-state index in [0.29, 0.717) is 6.04 Å². The van der Waals surface area contributed by atoms with E-state index in [1.54, 1.807) is 11.1 Å². The van der Waals surface area contributed by atoms with Gasteiger partial charge in [-0.2, -0.15) is 0 Å². The summed E-state index contributed by atoms with van der Waals surface area (Å²) in [6, 6.07) is 9.68. The molecule has 0 unspecified atom stereocenters. The van der Waals surface area contributed by atoms with Gasteiger partial charge in [0.25, 0.3) is 0 Å². The van der Waals surface area contributed by atoms with Gasteiger partial charge in [-0.25, -0.2) is 0 Å². The van der Waals surface area contributed by atoms with Crippen molar-refractivity contribution in [2.24, 2.45) is 0 Å². The van der Waals surface area contributed by atoms with Crippen LogP contribution in [0.3, 0.4) is 0 Å². The standard InChI is InChI=1S/C15H26NSi.HI/c1-13-15-9-7-6-8-14(15)10-11-16(13,2)12-17(3,4)5;/h6-9,13H,10-12H2,1-5H3;1H/q+1;/p-1/t13-,16+;/m0./s1. The van der Waals surface area contributed by atoms with Gasteiger partial charge in [-0.1, -0.05) is 43.9 Å². The van der Waals surface area contributed by atoms with Crippen LogP contribution >= 0.6 is 0 Å². The van der Waals surface area contributed by atoms with Gasteiger partial charge in [0.1, 0.15) is 14.1 Å². The maximum atomic E-state index is 2.49. The summed E-state index contributed by atoms with van der Waals surface area (Å²) in [5.74, 6) is 0. The van der Waals surface area contributed by atoms with Crippen LogP contribution in [0.1, 0.15) is 24.1 Å². The second-order valence-electron chi connectivity index (χ2n) is 7.05. The molecule has 0 amide bonds. The van der Waals surface area contributed by atoms with E-state index in [2.05, 4.69) is 57.9 Å². The number of likely N-dealkylation sites (N-methyl/N-ethyl adjacent to an activating group) is 1. The smallest absolute Gasteiger partial charge is 0.112 e. The Morgan fingerprint density at radius 1 is 1.22 bits per heavy atom. The summed E-state index contributed by atoms with van der Waals surface area (Å²) < 4.78 is 1.24. The zero-order chi connectivity index (χ0) is 12.7. The van der Waals surface area contributed by atoms with Crippen molar-refractivity contribution < 1.29 is 28.5 Å². The number of rotatable bonds is 2. The molecule has 1 nitrogen and oxygen atoms in total. The van der Waals surface area contributed by atoms with Crippen molar-refractivity contribution in [3.63, 3.8) is 0 Å². The molecule has 1 heterocycles. The molecule has 0 saturated heterocycles. The van der Waals surface area contributed by atoms with Crippen LogP contribution in [0.4, 0.5) is 0 Å². The number of nitrogens with zero attached hydrogens (tertiary/aromatic N) is 1. The Labute approximate surface area is 130 Å². The lowest BCUT2D eigenvalue weighted by Gasteiger charge is -2.47. The quantitative estimate of drug-likeness (QED) is 0.404. The van der Waals surface area contributed by atoms with Crippen LogP contribution in [0.25, 0.3) is 0 Å². The van der Waals surface area contributed by atoms with Crippen LogP contribution in [-0.4, -0.2) is 32.3 Å². The molecule has 3 heteroatoms. The zero-order valence-electron chi connectivity index (χ0n) is 12.3. The molecule has 0 saturated carbocycles. The van der Waals surface area contributed by atoms with E-state index < -0.39 is 8.07 Å². The molecule has 1 aliphatic rings. The van der Waals surface area contributed by atoms with Gasteiger partial charge < -0.3 is 28.5 Å². The van der Waals surface area contributed by atoms with Gasteiger partial charge in [-0.15, -0.1) is 0 Å². The Balaban J connectivity index is 0.00000162. The largest absolute Gasteiger partial charge is 1.00 e. The van der Waals surface area contributed by atoms with Crippen LogP contribution in [0, 0.1) is 0 Å². The lowest BCUT2D eigenvalue weighted by atomic mass is 9.92. The minimum atomic E-state index is -1.01. The predicted octanol–water partition coefficient (Wildman–Crippen LogP) is 0.632. The number of benzene rings is 1. The molecule has 1 aliphatic heterocycles. The van der Waals surface area contributed by atoms with Gasteiger partial charge in [-0.3, -0.25) is 0 Å². The number of hydrogen-bond acceptors (Lipinski definition) is 0. The highest BCUT2D eigenvalue weighted by Crippen LogP contribution is 2.35. The molecular formula is C15H26INSi. The molecule has 0 N–H and O–H groups in total. The van der Waals surface area contributed by atoms with Gasteiger partial charge >= 0.3 is 0 Å². The van der Waals surface area contributed by atoms with Crippen molar-refractivity contribution in [3.05, 3.63) is 35.4 Å². The average molecular weight is 375 g/mol. The van der Waals surface area contributed by atoms with Crippen molar-refractivity contribution in [1.82, 2.24) is 0 Å². The molecule has 0 aliphatic carbocycles. The van der Waals surface area contributed by atoms with E-state index in [9.17, 15) is 0 Å². The van der Waals surface area contributed by atoms with Crippen LogP contribution < -0.4 is 24.0 Å². The van der Waals surface area contributed by atoms with Gasteiger partial charge in [0.2, 0.25) is 0 Å². The monoisotopic (exact) mass is 375 g/mol. The number of halogens is 1. The molecule has 0 radical (unpaired) electrons. The third-order valence-electron chi connectivity index (χ3n) is 4.17. The minimum absolute atomic E-state index is 0. The second kappa shape index (κ2) is 5.63. The molecular weight excluding hydrogens is 349 g/mol. The highest BCUT2D eigenvalue weighted by molar-refractivity contribution is 6.76. The lowest BCUT2D eigenvalue weighted by Crippen LogP contribution is -3.00. The Kier molecular flexibility index (Phi) is 5.06. The summed E-state index contributed by atoms with van der Waals surface area (Å²) in [5.41, 5.74) is 3.16. The summed E-state index contributed by atoms with van der Waals surface area (Å²) in [7, 11) is 1.45. The first-order valence-corrected chi connectivity index (χ1v) is 10.4. The predicted molar refractivity (Wildman–Crippen MR) is 77.8 cm³/mol. The SMILES string of the molecule is C[C@H]1c2ccccc2CC[N@+]1(C)C[Si](C)(C)C.[I-]. The summed E-state index contributed by atoms with van der Waals surface area (Å²) in [4.78, 5) is 0. The van der Waals surface area contributed by atoms with Crippen molar-refractivity contribution in [3.8, 4) is 0 Å². The maximum Gasteiger partial charge on any atom is 0.112 e. The Hall–Kier alpha value is 0.127. The first kappa shape index (κ1) is 16.2. The lowest BCUT2D eigenvalue weighted by molar-refractivity contribution is -0.930. The van der Waals surface area contributed by atoms with Crippen molar-refractivity contribution in [2.75, 3.05) is 19.8 Å². The summed E-state index contributed by atoms with van der Waals surface area (Å²) in [6.07, 6.45) is 2.64. The molecule has 18 heavy (non-hydrogen) atoms. The van der Waals surface area contributed by atoms with Crippen LogP contribution in [0.5, 0.6) is 0 Å². The fourth-order valence-electron chi connectivity index (χ4n) is 3.37. The topological polar surface area (TPSA) is 0 Å². The highest BCUT2D eigenvalue weighted by atomic mass is 127. The van der Waals surface area contributed by atoms with Crippen LogP contribution in [-0.2, 0) is 6.42 Å². The Bertz CT molecular complexity index is 413. The molecule has 0 bridgehead atoms. The molecule has 2 rings (SSSR count). The maximum absolute atomic E-state index is 2.49. The number of fused-ring (bicyclic) bond motifs is 1. The molecule has 2 atom stereocenters. The van der Waals surface area contributed by atoms with Crippen LogP contribution in [0.15, 0.2) is 24.3 Å². The molecule has 0 aromatic heterocycles. The van der Waals surface area contributed by atoms with E-state index in [0.717, 1.165) is 0 Å². The third-order valence-corrected chi connectivity index (χ3v) is 5.84. The highest BCUT2D eigenvalue weighted by Gasteiger charge is 2.39. The second-order valence-corrected chi connectivity index (χ2v) is 12.5. The van der Waals surface area contributed by atoms with E-state index in [-0.39, 0.29) is 24.0 Å². The Morgan fingerprint density at radius 2 is 1.83 bits per heavy atom. The van der Waals surface area contributed by atoms with Crippen molar-refractivity contribution >= 4 is 8.07 Å². The minimum Gasteiger partial charge on any atom is -1.00 e. The first-order valence-electron chi connectivity index (χ1n) is 6.74. The molecule has 0 fully saturated rings. The Morgan fingerprint density at radius 3 is 2.44 bits per heavy atom. The number of hydrogen-bond donors (Lipinski definition) is 0. The first-order chi connectivity index (χ1) is 7.82. The molecule has 102 valence electrons. The number of quaternary nitrogens is 1. The van der Waals surface area contributed by atoms with E-state index in [4.69, 9.17) is 0 Å². The van der Waals surface area contributed by atoms with Gasteiger partial charge in [-0.05, 0) is 12.5 Å².